The smallest absolute Gasteiger partial charge is 0.337 e. The Bertz CT molecular complexity index is 1590. The first-order valence-electron chi connectivity index (χ1n) is 12.7. The summed E-state index contributed by atoms with van der Waals surface area (Å²) in [4.78, 5) is 49.2. The van der Waals surface area contributed by atoms with Crippen LogP contribution in [0.3, 0.4) is 0 Å². The normalized spacial score (nSPS) is 12.4. The minimum absolute atomic E-state index is 0.116. The van der Waals surface area contributed by atoms with Gasteiger partial charge in [-0.3, -0.25) is 9.69 Å². The number of amides is 2. The molecule has 0 bridgehead atoms. The first-order chi connectivity index (χ1) is 19.7. The van der Waals surface area contributed by atoms with E-state index in [1.54, 1.807) is 79.8 Å². The molecule has 206 valence electrons. The number of anilines is 2. The minimum Gasteiger partial charge on any atom is -0.478 e. The fourth-order valence-corrected chi connectivity index (χ4v) is 4.38. The molecule has 1 unspecified atom stereocenters. The summed E-state index contributed by atoms with van der Waals surface area (Å²) in [7, 11) is 3.09. The van der Waals surface area contributed by atoms with Gasteiger partial charge >= 0.3 is 18.3 Å². The van der Waals surface area contributed by atoms with Crippen molar-refractivity contribution in [2.45, 2.75) is 6.92 Å². The number of quaternary nitrogens is 1. The number of aromatic carboxylic acids is 1. The van der Waals surface area contributed by atoms with Gasteiger partial charge in [-0.1, -0.05) is 24.3 Å². The zero-order valence-electron chi connectivity index (χ0n) is 22.9. The van der Waals surface area contributed by atoms with Crippen LogP contribution >= 0.6 is 0 Å². The van der Waals surface area contributed by atoms with Crippen molar-refractivity contribution in [1.82, 2.24) is 4.48 Å². The quantitative estimate of drug-likeness (QED) is 0.111. The Kier molecular flexibility index (Phi) is 8.55. The number of ether oxygens (including phenoxy) is 1. The fraction of sp³-hybridized carbons (Fsp3) is 0.0909. The predicted octanol–water partition coefficient (Wildman–Crippen LogP) is 6.45. The van der Waals surface area contributed by atoms with Crippen LogP contribution in [0.1, 0.15) is 38.8 Å². The zero-order chi connectivity index (χ0) is 29.6. The highest BCUT2D eigenvalue weighted by atomic mass is 16.5. The molecule has 4 rings (SSSR count). The monoisotopic (exact) mass is 549 g/mol. The fourth-order valence-electron chi connectivity index (χ4n) is 4.38. The molecule has 0 aromatic heterocycles. The lowest BCUT2D eigenvalue weighted by Gasteiger charge is -2.27. The minimum atomic E-state index is -0.968. The van der Waals surface area contributed by atoms with E-state index in [0.717, 1.165) is 23.2 Å². The second kappa shape index (κ2) is 12.2. The third-order valence-corrected chi connectivity index (χ3v) is 6.77. The second-order valence-corrected chi connectivity index (χ2v) is 9.44. The number of rotatable bonds is 9. The highest BCUT2D eigenvalue weighted by Crippen LogP contribution is 2.34. The third kappa shape index (κ3) is 6.29. The Morgan fingerprint density at radius 2 is 1.12 bits per heavy atom. The van der Waals surface area contributed by atoms with E-state index >= 15 is 0 Å². The zero-order valence-corrected chi connectivity index (χ0v) is 22.9. The Labute approximate surface area is 237 Å². The van der Waals surface area contributed by atoms with Crippen LogP contribution in [0.25, 0.3) is 12.2 Å². The molecule has 8 nitrogen and oxygen atoms in total. The lowest BCUT2D eigenvalue weighted by molar-refractivity contribution is -0.116. The van der Waals surface area contributed by atoms with Gasteiger partial charge in [-0.05, 0) is 71.8 Å². The molecule has 8 heteroatoms. The van der Waals surface area contributed by atoms with E-state index in [9.17, 15) is 19.2 Å². The van der Waals surface area contributed by atoms with Crippen LogP contribution < -0.4 is 9.38 Å². The van der Waals surface area contributed by atoms with Crippen molar-refractivity contribution in [2.75, 3.05) is 19.1 Å². The molecule has 0 heterocycles. The van der Waals surface area contributed by atoms with Crippen LogP contribution in [0.4, 0.5) is 22.7 Å². The highest BCUT2D eigenvalue weighted by molar-refractivity contribution is 6.00. The van der Waals surface area contributed by atoms with Gasteiger partial charge < -0.3 is 9.84 Å². The van der Waals surface area contributed by atoms with Gasteiger partial charge in [0.2, 0.25) is 5.91 Å². The molecule has 0 saturated carbocycles. The Morgan fingerprint density at radius 3 is 1.54 bits per heavy atom. The van der Waals surface area contributed by atoms with Crippen molar-refractivity contribution < 1.29 is 29.0 Å². The second-order valence-electron chi connectivity index (χ2n) is 9.44. The molecular formula is C33H29N2O6+. The average molecular weight is 550 g/mol. The number of carbonyl (C=O) groups excluding carboxylic acids is 3. The first kappa shape index (κ1) is 28.7. The van der Waals surface area contributed by atoms with Gasteiger partial charge in [0.05, 0.1) is 25.3 Å². The SMILES string of the molecule is COC(=O)c1ccc(N(C(C)=O)c2ccc([N+](C)(C=O)c3ccc(/C=C/c4ccc(C(=O)O)cc4)cc3)cc2)cc1. The van der Waals surface area contributed by atoms with Crippen LogP contribution in [-0.4, -0.2) is 43.5 Å². The van der Waals surface area contributed by atoms with E-state index in [2.05, 4.69) is 0 Å². The van der Waals surface area contributed by atoms with Crippen molar-refractivity contribution in [3.8, 4) is 0 Å². The van der Waals surface area contributed by atoms with E-state index in [1.165, 1.54) is 18.9 Å². The van der Waals surface area contributed by atoms with Crippen LogP contribution in [0.2, 0.25) is 0 Å². The molecule has 0 saturated heterocycles. The predicted molar refractivity (Wildman–Crippen MR) is 159 cm³/mol. The van der Waals surface area contributed by atoms with Crippen LogP contribution in [-0.2, 0) is 14.3 Å². The van der Waals surface area contributed by atoms with E-state index in [-0.39, 0.29) is 16.0 Å². The highest BCUT2D eigenvalue weighted by Gasteiger charge is 2.28. The number of benzene rings is 4. The number of carboxylic acids is 1. The number of carboxylic acid groups (broad SMARTS) is 1. The molecular weight excluding hydrogens is 520 g/mol. The number of hydrogen-bond acceptors (Lipinski definition) is 5. The largest absolute Gasteiger partial charge is 0.478 e. The molecule has 0 aliphatic carbocycles. The lowest BCUT2D eigenvalue weighted by Crippen LogP contribution is -2.37. The maximum absolute atomic E-state index is 12.5. The first-order valence-corrected chi connectivity index (χ1v) is 12.7. The van der Waals surface area contributed by atoms with E-state index < -0.39 is 11.9 Å². The number of nitrogens with zero attached hydrogens (tertiary/aromatic N) is 2. The van der Waals surface area contributed by atoms with Gasteiger partial charge in [0.1, 0.15) is 11.4 Å². The molecule has 41 heavy (non-hydrogen) atoms. The molecule has 1 atom stereocenters. The molecule has 0 aliphatic heterocycles. The van der Waals surface area contributed by atoms with Crippen molar-refractivity contribution in [3.63, 3.8) is 0 Å². The molecule has 2 amide bonds. The van der Waals surface area contributed by atoms with Gasteiger partial charge in [0.15, 0.2) is 0 Å². The Morgan fingerprint density at radius 1 is 0.707 bits per heavy atom. The number of esters is 1. The lowest BCUT2D eigenvalue weighted by atomic mass is 10.1. The van der Waals surface area contributed by atoms with Crippen LogP contribution in [0.15, 0.2) is 97.1 Å². The van der Waals surface area contributed by atoms with Crippen molar-refractivity contribution in [3.05, 3.63) is 119 Å². The van der Waals surface area contributed by atoms with Crippen molar-refractivity contribution >= 4 is 59.2 Å². The summed E-state index contributed by atoms with van der Waals surface area (Å²) in [6.45, 7) is 1.45. The summed E-state index contributed by atoms with van der Waals surface area (Å²) in [5.41, 5.74) is 5.05. The Hall–Kier alpha value is -5.34. The van der Waals surface area contributed by atoms with Gasteiger partial charge in [-0.25, -0.2) is 18.9 Å². The van der Waals surface area contributed by atoms with Crippen molar-refractivity contribution in [2.24, 2.45) is 0 Å². The number of carbonyl (C=O) groups is 4. The maximum atomic E-state index is 12.5. The molecule has 0 fully saturated rings. The molecule has 4 aromatic carbocycles. The van der Waals surface area contributed by atoms with Gasteiger partial charge in [-0.15, -0.1) is 0 Å². The number of methoxy groups -OCH3 is 1. The molecule has 0 aliphatic rings. The summed E-state index contributed by atoms with van der Waals surface area (Å²) >= 11 is 0. The molecule has 4 aromatic rings. The van der Waals surface area contributed by atoms with E-state index in [0.29, 0.717) is 22.6 Å². The van der Waals surface area contributed by atoms with Crippen LogP contribution in [0.5, 0.6) is 0 Å². The third-order valence-electron chi connectivity index (χ3n) is 6.77. The molecule has 0 spiro atoms. The summed E-state index contributed by atoms with van der Waals surface area (Å²) < 4.78 is 4.62. The maximum Gasteiger partial charge on any atom is 0.337 e. The summed E-state index contributed by atoms with van der Waals surface area (Å²) in [6.07, 6.45) is 4.64. The molecule has 1 N–H and O–H groups in total. The Balaban J connectivity index is 1.54. The van der Waals surface area contributed by atoms with Gasteiger partial charge in [0.25, 0.3) is 0 Å². The van der Waals surface area contributed by atoms with E-state index in [1.807, 2.05) is 36.4 Å². The number of hydrogen-bond donors (Lipinski definition) is 1. The summed E-state index contributed by atoms with van der Waals surface area (Å²) in [6, 6.07) is 27.8. The van der Waals surface area contributed by atoms with Gasteiger partial charge in [-0.2, -0.15) is 0 Å². The standard InChI is InChI=1S/C33H28N2O6/c1-23(37)34(28-14-12-27(13-15-28)33(40)41-3)29-16-20-31(21-17-29)35(2,22-36)30-18-8-25(9-19-30)5-4-24-6-10-26(11-7-24)32(38)39/h4-22H,1-3H3/p+1/b5-4+. The van der Waals surface area contributed by atoms with Crippen molar-refractivity contribution in [1.29, 1.82) is 0 Å². The average Bonchev–Trinajstić information content (AvgIpc) is 3.00. The topological polar surface area (TPSA) is 101 Å². The molecule has 0 radical (unpaired) electrons. The van der Waals surface area contributed by atoms with Gasteiger partial charge in [0, 0.05) is 42.6 Å². The summed E-state index contributed by atoms with van der Waals surface area (Å²) in [5.74, 6) is -1.64. The summed E-state index contributed by atoms with van der Waals surface area (Å²) in [5, 5.41) is 9.04. The van der Waals surface area contributed by atoms with E-state index in [4.69, 9.17) is 9.84 Å². The van der Waals surface area contributed by atoms with Crippen LogP contribution in [0, 0.1) is 0 Å².